The molecule has 0 spiro atoms. The Morgan fingerprint density at radius 1 is 2.00 bits per heavy atom. The Labute approximate surface area is 45.9 Å². The average molecular weight is 125 g/mol. The molecule has 0 aliphatic heterocycles. The fourth-order valence-corrected chi connectivity index (χ4v) is 0.115. The molecule has 0 aliphatic rings. The van der Waals surface area contributed by atoms with Crippen LogP contribution in [-0.4, -0.2) is 16.1 Å². The van der Waals surface area contributed by atoms with Gasteiger partial charge in [0.25, 0.3) is 0 Å². The number of rotatable bonds is 2. The van der Waals surface area contributed by atoms with Gasteiger partial charge in [-0.15, -0.1) is 0 Å². The molecule has 0 bridgehead atoms. The molecule has 0 atom stereocenters. The zero-order chi connectivity index (χ0) is 5.86. The summed E-state index contributed by atoms with van der Waals surface area (Å²) in [4.78, 5) is 9.53. The van der Waals surface area contributed by atoms with Gasteiger partial charge in [-0.2, -0.15) is 0 Å². The van der Waals surface area contributed by atoms with Crippen molar-refractivity contribution in [2.24, 2.45) is 0 Å². The summed E-state index contributed by atoms with van der Waals surface area (Å²) in [6.45, 7) is 1.81. The van der Waals surface area contributed by atoms with E-state index < -0.39 is 5.03 Å². The molecule has 5 heteroatoms. The third-order valence-corrected chi connectivity index (χ3v) is 0.801. The van der Waals surface area contributed by atoms with E-state index >= 15 is 0 Å². The molecule has 0 fully saturated rings. The van der Waals surface area contributed by atoms with E-state index in [2.05, 4.69) is 0 Å². The highest BCUT2D eigenvalue weighted by molar-refractivity contribution is 6.12. The normalized spacial score (nSPS) is 8.29. The molecule has 4 nitrogen and oxygen atoms in total. The van der Waals surface area contributed by atoms with Crippen LogP contribution in [0, 0.1) is 10.1 Å². The lowest BCUT2D eigenvalue weighted by Gasteiger charge is -1.96. The summed E-state index contributed by atoms with van der Waals surface area (Å²) >= 11 is 4.93. The molecule has 0 aromatic rings. The molecule has 0 aromatic heterocycles. The smallest absolute Gasteiger partial charge is 0.176 e. The molecule has 7 heavy (non-hydrogen) atoms. The Morgan fingerprint density at radius 2 is 2.43 bits per heavy atom. The maximum absolute atomic E-state index is 9.53. The summed E-state index contributed by atoms with van der Waals surface area (Å²) in [7, 11) is 0. The van der Waals surface area contributed by atoms with Crippen LogP contribution in [0.1, 0.15) is 6.92 Å². The minimum Gasteiger partial charge on any atom is -0.234 e. The average Bonchev–Trinajstić information content (AvgIpc) is 1.65. The number of hydrogen-bond donors (Lipinski definition) is 0. The Hall–Kier alpha value is -0.510. The molecule has 0 N–H and O–H groups in total. The maximum Gasteiger partial charge on any atom is 0.176 e. The van der Waals surface area contributed by atoms with Crippen molar-refractivity contribution in [2.75, 3.05) is 6.54 Å². The first-order valence-corrected chi connectivity index (χ1v) is 2.10. The molecule has 0 saturated heterocycles. The van der Waals surface area contributed by atoms with E-state index in [9.17, 15) is 10.1 Å². The second kappa shape index (κ2) is 2.63. The summed E-state index contributed by atoms with van der Waals surface area (Å²) < 4.78 is 0.486. The summed E-state index contributed by atoms with van der Waals surface area (Å²) in [5, 5.41) is 8.85. The van der Waals surface area contributed by atoms with Crippen molar-refractivity contribution in [1.82, 2.24) is 4.53 Å². The van der Waals surface area contributed by atoms with Crippen molar-refractivity contribution in [1.29, 1.82) is 0 Å². The highest BCUT2D eigenvalue weighted by Gasteiger charge is 2.02. The number of nitrogens with zero attached hydrogens (tertiary/aromatic N) is 2. The Morgan fingerprint density at radius 3 is 2.43 bits per heavy atom. The molecule has 0 radical (unpaired) electrons. The van der Waals surface area contributed by atoms with E-state index in [1.54, 1.807) is 6.92 Å². The quantitative estimate of drug-likeness (QED) is 0.309. The topological polar surface area (TPSA) is 46.4 Å². The summed E-state index contributed by atoms with van der Waals surface area (Å²) in [5.41, 5.74) is 0. The second-order valence-electron chi connectivity index (χ2n) is 0.891. The molecule has 0 heterocycles. The van der Waals surface area contributed by atoms with E-state index in [-0.39, 0.29) is 6.54 Å². The predicted molar refractivity (Wildman–Crippen MR) is 25.2 cm³/mol. The van der Waals surface area contributed by atoms with Crippen LogP contribution in [0.15, 0.2) is 0 Å². The highest BCUT2D eigenvalue weighted by Crippen LogP contribution is 1.89. The monoisotopic (exact) mass is 124 g/mol. The Bertz CT molecular complexity index is 76.1. The van der Waals surface area contributed by atoms with E-state index in [4.69, 9.17) is 11.8 Å². The van der Waals surface area contributed by atoms with Crippen LogP contribution in [0.3, 0.4) is 0 Å². The first-order valence-electron chi connectivity index (χ1n) is 1.76. The van der Waals surface area contributed by atoms with Crippen molar-refractivity contribution < 1.29 is 5.03 Å². The predicted octanol–water partition coefficient (Wildman–Crippen LogP) is 0.654. The third kappa shape index (κ3) is 2.22. The fourth-order valence-electron chi connectivity index (χ4n) is 0.115. The van der Waals surface area contributed by atoms with Crippen LogP contribution in [0.4, 0.5) is 0 Å². The number of hydrazine groups is 1. The molecule has 0 aromatic carbocycles. The van der Waals surface area contributed by atoms with Gasteiger partial charge in [-0.05, 0) is 11.5 Å². The van der Waals surface area contributed by atoms with Gasteiger partial charge >= 0.3 is 0 Å². The lowest BCUT2D eigenvalue weighted by atomic mass is 10.8. The zero-order valence-corrected chi connectivity index (χ0v) is 4.55. The number of hydrogen-bond acceptors (Lipinski definition) is 2. The van der Waals surface area contributed by atoms with Crippen molar-refractivity contribution in [3.05, 3.63) is 10.1 Å². The van der Waals surface area contributed by atoms with Gasteiger partial charge in [-0.3, -0.25) is 0 Å². The van der Waals surface area contributed by atoms with Crippen molar-refractivity contribution in [3.63, 3.8) is 0 Å². The van der Waals surface area contributed by atoms with Crippen LogP contribution in [0.5, 0.6) is 0 Å². The third-order valence-electron chi connectivity index (χ3n) is 0.438. The molecule has 42 valence electrons. The summed E-state index contributed by atoms with van der Waals surface area (Å²) in [5.74, 6) is 0. The molecule has 0 amide bonds. The Balaban J connectivity index is 3.34. The van der Waals surface area contributed by atoms with Gasteiger partial charge in [0.1, 0.15) is 0 Å². The first-order chi connectivity index (χ1) is 3.18. The van der Waals surface area contributed by atoms with E-state index in [1.807, 2.05) is 0 Å². The van der Waals surface area contributed by atoms with Crippen molar-refractivity contribution >= 4 is 11.8 Å². The standard InChI is InChI=1S/C2H5ClN2O2/c1-2-4(3)5(6)7/h2H2,1H3. The van der Waals surface area contributed by atoms with Gasteiger partial charge in [0.15, 0.2) is 5.03 Å². The van der Waals surface area contributed by atoms with E-state index in [0.717, 1.165) is 0 Å². The summed E-state index contributed by atoms with van der Waals surface area (Å²) in [6.07, 6.45) is 0. The van der Waals surface area contributed by atoms with E-state index in [1.165, 1.54) is 0 Å². The number of nitro groups is 1. The van der Waals surface area contributed by atoms with Crippen molar-refractivity contribution in [2.45, 2.75) is 6.92 Å². The molecule has 0 aliphatic carbocycles. The van der Waals surface area contributed by atoms with Gasteiger partial charge in [0, 0.05) is 0 Å². The largest absolute Gasteiger partial charge is 0.234 e. The van der Waals surface area contributed by atoms with Gasteiger partial charge in [-0.25, -0.2) is 10.1 Å². The summed E-state index contributed by atoms with van der Waals surface area (Å²) in [6, 6.07) is 0. The van der Waals surface area contributed by atoms with Gasteiger partial charge in [0.2, 0.25) is 0 Å². The fraction of sp³-hybridized carbons (Fsp3) is 1.00. The second-order valence-corrected chi connectivity index (χ2v) is 1.28. The molecule has 0 saturated carbocycles. The minimum absolute atomic E-state index is 0.217. The molecule has 0 unspecified atom stereocenters. The SMILES string of the molecule is CCN(Cl)[N+](=O)[O-]. The van der Waals surface area contributed by atoms with Crippen LogP contribution >= 0.6 is 11.8 Å². The lowest BCUT2D eigenvalue weighted by Crippen LogP contribution is -2.18. The van der Waals surface area contributed by atoms with Crippen LogP contribution in [0.25, 0.3) is 0 Å². The van der Waals surface area contributed by atoms with Gasteiger partial charge in [-0.1, -0.05) is 0 Å². The Kier molecular flexibility index (Phi) is 2.44. The maximum atomic E-state index is 9.53. The first kappa shape index (κ1) is 6.49. The molecular formula is C2H5ClN2O2. The zero-order valence-electron chi connectivity index (χ0n) is 3.80. The molecule has 0 rings (SSSR count). The highest BCUT2D eigenvalue weighted by atomic mass is 35.5. The van der Waals surface area contributed by atoms with Crippen molar-refractivity contribution in [3.8, 4) is 0 Å². The van der Waals surface area contributed by atoms with Gasteiger partial charge < -0.3 is 0 Å². The molecular weight excluding hydrogens is 119 g/mol. The van der Waals surface area contributed by atoms with Crippen LogP contribution < -0.4 is 0 Å². The van der Waals surface area contributed by atoms with Crippen LogP contribution in [-0.2, 0) is 0 Å². The van der Waals surface area contributed by atoms with Crippen LogP contribution in [0.2, 0.25) is 0 Å². The van der Waals surface area contributed by atoms with E-state index in [0.29, 0.717) is 4.53 Å². The van der Waals surface area contributed by atoms with Gasteiger partial charge in [0.05, 0.1) is 18.3 Å². The minimum atomic E-state index is -0.679. The lowest BCUT2D eigenvalue weighted by molar-refractivity contribution is -0.621. The number of halogens is 1.